The third kappa shape index (κ3) is 2.88. The van der Waals surface area contributed by atoms with Gasteiger partial charge in [-0.2, -0.15) is 0 Å². The van der Waals surface area contributed by atoms with Gasteiger partial charge in [0.1, 0.15) is 0 Å². The van der Waals surface area contributed by atoms with E-state index >= 15 is 0 Å². The van der Waals surface area contributed by atoms with Crippen molar-refractivity contribution in [3.63, 3.8) is 0 Å². The first-order valence-corrected chi connectivity index (χ1v) is 5.74. The summed E-state index contributed by atoms with van der Waals surface area (Å²) in [5, 5.41) is 0. The fourth-order valence-corrected chi connectivity index (χ4v) is 1.98. The molecule has 2 heterocycles. The molecule has 0 aliphatic carbocycles. The van der Waals surface area contributed by atoms with Crippen LogP contribution in [0.15, 0.2) is 36.8 Å². The van der Waals surface area contributed by atoms with Gasteiger partial charge >= 0.3 is 0 Å². The van der Waals surface area contributed by atoms with Gasteiger partial charge in [0, 0.05) is 18.6 Å². The quantitative estimate of drug-likeness (QED) is 0.875. The van der Waals surface area contributed by atoms with Crippen LogP contribution in [0.5, 0.6) is 0 Å². The van der Waals surface area contributed by atoms with E-state index in [2.05, 4.69) is 23.0 Å². The van der Waals surface area contributed by atoms with Gasteiger partial charge in [-0.3, -0.25) is 9.97 Å². The van der Waals surface area contributed by atoms with Crippen molar-refractivity contribution in [3.05, 3.63) is 59.2 Å². The monoisotopic (exact) mass is 227 g/mol. The molecule has 1 unspecified atom stereocenters. The number of rotatable bonds is 3. The summed E-state index contributed by atoms with van der Waals surface area (Å²) in [6.45, 7) is 4.10. The zero-order chi connectivity index (χ0) is 12.3. The summed E-state index contributed by atoms with van der Waals surface area (Å²) in [6.07, 6.45) is 6.24. The van der Waals surface area contributed by atoms with E-state index in [1.807, 2.05) is 25.3 Å². The Morgan fingerprint density at radius 1 is 1.24 bits per heavy atom. The van der Waals surface area contributed by atoms with Gasteiger partial charge in [0.05, 0.1) is 11.7 Å². The van der Waals surface area contributed by atoms with Crippen molar-refractivity contribution in [1.29, 1.82) is 0 Å². The molecule has 0 radical (unpaired) electrons. The van der Waals surface area contributed by atoms with Gasteiger partial charge in [-0.25, -0.2) is 0 Å². The Morgan fingerprint density at radius 3 is 2.59 bits per heavy atom. The molecule has 3 heteroatoms. The number of nitrogens with two attached hydrogens (primary N) is 1. The van der Waals surface area contributed by atoms with Gasteiger partial charge < -0.3 is 5.73 Å². The molecule has 3 nitrogen and oxygen atoms in total. The molecule has 2 N–H and O–H groups in total. The maximum atomic E-state index is 6.20. The lowest BCUT2D eigenvalue weighted by Crippen LogP contribution is -2.16. The molecule has 0 bridgehead atoms. The number of nitrogens with zero attached hydrogens (tertiary/aromatic N) is 2. The van der Waals surface area contributed by atoms with Crippen molar-refractivity contribution < 1.29 is 0 Å². The topological polar surface area (TPSA) is 51.8 Å². The highest BCUT2D eigenvalue weighted by molar-refractivity contribution is 5.27. The highest BCUT2D eigenvalue weighted by Gasteiger charge is 2.11. The van der Waals surface area contributed by atoms with Crippen LogP contribution in [0.3, 0.4) is 0 Å². The van der Waals surface area contributed by atoms with Crippen LogP contribution < -0.4 is 5.73 Å². The van der Waals surface area contributed by atoms with Crippen LogP contribution in [0, 0.1) is 13.8 Å². The molecular formula is C14H17N3. The predicted octanol–water partition coefficient (Wildman–Crippen LogP) is 2.34. The van der Waals surface area contributed by atoms with Crippen LogP contribution in [-0.2, 0) is 6.42 Å². The molecule has 17 heavy (non-hydrogen) atoms. The van der Waals surface area contributed by atoms with Gasteiger partial charge in [0.25, 0.3) is 0 Å². The highest BCUT2D eigenvalue weighted by Crippen LogP contribution is 2.17. The second kappa shape index (κ2) is 5.06. The van der Waals surface area contributed by atoms with E-state index < -0.39 is 0 Å². The molecule has 0 amide bonds. The molecule has 2 aromatic heterocycles. The van der Waals surface area contributed by atoms with E-state index in [1.165, 1.54) is 11.1 Å². The maximum Gasteiger partial charge on any atom is 0.0603 e. The number of aryl methyl sites for hydroxylation is 2. The SMILES string of the molecule is Cc1cnc(C(N)Cc2ccncc2)c(C)c1. The van der Waals surface area contributed by atoms with Crippen molar-refractivity contribution >= 4 is 0 Å². The van der Waals surface area contributed by atoms with Crippen molar-refractivity contribution in [1.82, 2.24) is 9.97 Å². The van der Waals surface area contributed by atoms with Crippen molar-refractivity contribution in [2.24, 2.45) is 5.73 Å². The number of hydrogen-bond donors (Lipinski definition) is 1. The molecule has 0 fully saturated rings. The molecule has 88 valence electrons. The third-order valence-electron chi connectivity index (χ3n) is 2.81. The Labute approximate surface area is 102 Å². The number of pyridine rings is 2. The summed E-state index contributed by atoms with van der Waals surface area (Å²) in [6, 6.07) is 6.04. The number of hydrogen-bond acceptors (Lipinski definition) is 3. The zero-order valence-electron chi connectivity index (χ0n) is 10.2. The summed E-state index contributed by atoms with van der Waals surface area (Å²) >= 11 is 0. The second-order valence-corrected chi connectivity index (χ2v) is 4.38. The maximum absolute atomic E-state index is 6.20. The summed E-state index contributed by atoms with van der Waals surface area (Å²) in [7, 11) is 0. The lowest BCUT2D eigenvalue weighted by molar-refractivity contribution is 0.689. The van der Waals surface area contributed by atoms with E-state index in [0.717, 1.165) is 17.7 Å². The normalized spacial score (nSPS) is 12.4. The summed E-state index contributed by atoms with van der Waals surface area (Å²) in [5.41, 5.74) is 10.7. The highest BCUT2D eigenvalue weighted by atomic mass is 14.8. The fraction of sp³-hybridized carbons (Fsp3) is 0.286. The lowest BCUT2D eigenvalue weighted by atomic mass is 10.0. The van der Waals surface area contributed by atoms with E-state index in [4.69, 9.17) is 5.73 Å². The molecule has 0 saturated heterocycles. The standard InChI is InChI=1S/C14H17N3/c1-10-7-11(2)14(17-9-10)13(15)8-12-3-5-16-6-4-12/h3-7,9,13H,8,15H2,1-2H3. The molecule has 0 aliphatic heterocycles. The van der Waals surface area contributed by atoms with E-state index in [-0.39, 0.29) is 6.04 Å². The fourth-order valence-electron chi connectivity index (χ4n) is 1.98. The van der Waals surface area contributed by atoms with Crippen LogP contribution in [0.25, 0.3) is 0 Å². The second-order valence-electron chi connectivity index (χ2n) is 4.38. The van der Waals surface area contributed by atoms with Gasteiger partial charge in [0.2, 0.25) is 0 Å². The average molecular weight is 227 g/mol. The summed E-state index contributed by atoms with van der Waals surface area (Å²) in [4.78, 5) is 8.43. The largest absolute Gasteiger partial charge is 0.322 e. The number of aromatic nitrogens is 2. The molecule has 0 saturated carbocycles. The molecule has 2 aromatic rings. The Bertz CT molecular complexity index is 494. The third-order valence-corrected chi connectivity index (χ3v) is 2.81. The molecule has 2 rings (SSSR count). The lowest BCUT2D eigenvalue weighted by Gasteiger charge is -2.14. The minimum atomic E-state index is -0.0574. The van der Waals surface area contributed by atoms with Crippen LogP contribution in [-0.4, -0.2) is 9.97 Å². The van der Waals surface area contributed by atoms with E-state index in [9.17, 15) is 0 Å². The van der Waals surface area contributed by atoms with Crippen LogP contribution >= 0.6 is 0 Å². The van der Waals surface area contributed by atoms with Gasteiger partial charge in [-0.05, 0) is 49.1 Å². The Morgan fingerprint density at radius 2 is 1.94 bits per heavy atom. The summed E-state index contributed by atoms with van der Waals surface area (Å²) in [5.74, 6) is 0. The predicted molar refractivity (Wildman–Crippen MR) is 68.6 cm³/mol. The Hall–Kier alpha value is -1.74. The smallest absolute Gasteiger partial charge is 0.0603 e. The van der Waals surface area contributed by atoms with Crippen LogP contribution in [0.2, 0.25) is 0 Å². The first-order chi connectivity index (χ1) is 8.16. The molecular weight excluding hydrogens is 210 g/mol. The molecule has 0 spiro atoms. The molecule has 0 aromatic carbocycles. The Balaban J connectivity index is 2.17. The van der Waals surface area contributed by atoms with Gasteiger partial charge in [-0.15, -0.1) is 0 Å². The average Bonchev–Trinajstić information content (AvgIpc) is 2.30. The van der Waals surface area contributed by atoms with E-state index in [1.54, 1.807) is 12.4 Å². The van der Waals surface area contributed by atoms with Crippen molar-refractivity contribution in [2.45, 2.75) is 26.3 Å². The zero-order valence-corrected chi connectivity index (χ0v) is 10.2. The Kier molecular flexibility index (Phi) is 3.49. The molecule has 1 atom stereocenters. The van der Waals surface area contributed by atoms with Crippen LogP contribution in [0.1, 0.15) is 28.4 Å². The first-order valence-electron chi connectivity index (χ1n) is 5.74. The summed E-state index contributed by atoms with van der Waals surface area (Å²) < 4.78 is 0. The van der Waals surface area contributed by atoms with Crippen LogP contribution in [0.4, 0.5) is 0 Å². The minimum absolute atomic E-state index is 0.0574. The first kappa shape index (κ1) is 11.7. The van der Waals surface area contributed by atoms with E-state index in [0.29, 0.717) is 0 Å². The van der Waals surface area contributed by atoms with Crippen molar-refractivity contribution in [2.75, 3.05) is 0 Å². The van der Waals surface area contributed by atoms with Crippen molar-refractivity contribution in [3.8, 4) is 0 Å². The molecule has 0 aliphatic rings. The van der Waals surface area contributed by atoms with Gasteiger partial charge in [-0.1, -0.05) is 6.07 Å². The minimum Gasteiger partial charge on any atom is -0.322 e. The van der Waals surface area contributed by atoms with Gasteiger partial charge in [0.15, 0.2) is 0 Å².